The molecular formula is C12H13FN2O5. The van der Waals surface area contributed by atoms with E-state index in [-0.39, 0.29) is 18.4 Å². The summed E-state index contributed by atoms with van der Waals surface area (Å²) in [6, 6.07) is 1.37. The van der Waals surface area contributed by atoms with Crippen LogP contribution in [0.4, 0.5) is 4.39 Å². The highest BCUT2D eigenvalue weighted by atomic mass is 19.1. The van der Waals surface area contributed by atoms with Crippen molar-refractivity contribution in [2.45, 2.75) is 18.9 Å². The van der Waals surface area contributed by atoms with Crippen molar-refractivity contribution in [3.05, 3.63) is 29.6 Å². The lowest BCUT2D eigenvalue weighted by Gasteiger charge is -2.14. The van der Waals surface area contributed by atoms with Gasteiger partial charge in [0.25, 0.3) is 5.91 Å². The molecule has 20 heavy (non-hydrogen) atoms. The van der Waals surface area contributed by atoms with E-state index in [0.29, 0.717) is 0 Å². The number of aromatic hydroxyl groups is 1. The van der Waals surface area contributed by atoms with E-state index >= 15 is 0 Å². The zero-order valence-corrected chi connectivity index (χ0v) is 10.3. The Balaban J connectivity index is 2.80. The molecule has 5 N–H and O–H groups in total. The molecule has 0 spiro atoms. The molecule has 8 heteroatoms. The number of amides is 2. The highest BCUT2D eigenvalue weighted by Crippen LogP contribution is 2.18. The van der Waals surface area contributed by atoms with E-state index in [4.69, 9.17) is 10.8 Å². The number of phenolic OH excluding ortho intramolecular Hbond substituents is 1. The lowest BCUT2D eigenvalue weighted by molar-refractivity contribution is -0.139. The van der Waals surface area contributed by atoms with Crippen LogP contribution in [0.25, 0.3) is 0 Å². The Morgan fingerprint density at radius 2 is 2.00 bits per heavy atom. The van der Waals surface area contributed by atoms with E-state index in [9.17, 15) is 23.9 Å². The second-order valence-corrected chi connectivity index (χ2v) is 4.03. The largest absolute Gasteiger partial charge is 0.507 e. The number of carbonyl (C=O) groups excluding carboxylic acids is 2. The normalized spacial score (nSPS) is 11.7. The van der Waals surface area contributed by atoms with Crippen LogP contribution in [0, 0.1) is 5.82 Å². The van der Waals surface area contributed by atoms with Gasteiger partial charge in [-0.3, -0.25) is 9.59 Å². The van der Waals surface area contributed by atoms with Crippen LogP contribution in [0.3, 0.4) is 0 Å². The van der Waals surface area contributed by atoms with Gasteiger partial charge in [0.1, 0.15) is 17.6 Å². The van der Waals surface area contributed by atoms with Crippen LogP contribution in [-0.2, 0) is 9.59 Å². The standard InChI is InChI=1S/C12H13FN2O5/c13-6-1-2-7(9(16)5-6)11(18)15-8(12(19)20)3-4-10(14)17/h1-2,5,8,16H,3-4H2,(H2,14,17)(H,15,18)(H,19,20). The molecule has 7 nitrogen and oxygen atoms in total. The summed E-state index contributed by atoms with van der Waals surface area (Å²) in [5.41, 5.74) is 4.63. The minimum absolute atomic E-state index is 0.182. The second-order valence-electron chi connectivity index (χ2n) is 4.03. The number of carbonyl (C=O) groups is 3. The van der Waals surface area contributed by atoms with Crippen molar-refractivity contribution in [3.63, 3.8) is 0 Å². The fourth-order valence-corrected chi connectivity index (χ4v) is 1.48. The molecule has 1 aromatic rings. The van der Waals surface area contributed by atoms with E-state index in [1.54, 1.807) is 0 Å². The van der Waals surface area contributed by atoms with Gasteiger partial charge in [-0.1, -0.05) is 0 Å². The summed E-state index contributed by atoms with van der Waals surface area (Å²) in [5, 5.41) is 20.4. The van der Waals surface area contributed by atoms with Crippen molar-refractivity contribution in [3.8, 4) is 5.75 Å². The molecule has 1 rings (SSSR count). The van der Waals surface area contributed by atoms with Crippen molar-refractivity contribution in [1.82, 2.24) is 5.32 Å². The number of phenols is 1. The fraction of sp³-hybridized carbons (Fsp3) is 0.250. The van der Waals surface area contributed by atoms with Crippen molar-refractivity contribution >= 4 is 17.8 Å². The fourth-order valence-electron chi connectivity index (χ4n) is 1.48. The number of carboxylic acids is 1. The van der Waals surface area contributed by atoms with E-state index in [1.807, 2.05) is 0 Å². The number of nitrogens with one attached hydrogen (secondary N) is 1. The number of hydrogen-bond acceptors (Lipinski definition) is 4. The topological polar surface area (TPSA) is 130 Å². The third kappa shape index (κ3) is 4.23. The molecule has 0 saturated heterocycles. The molecule has 0 radical (unpaired) electrons. The number of primary amides is 1. The number of rotatable bonds is 6. The summed E-state index contributed by atoms with van der Waals surface area (Å²) in [4.78, 5) is 33.3. The Labute approximate surface area is 113 Å². The molecule has 0 fully saturated rings. The molecule has 0 heterocycles. The van der Waals surface area contributed by atoms with Crippen molar-refractivity contribution < 1.29 is 29.0 Å². The van der Waals surface area contributed by atoms with Crippen LogP contribution in [0.15, 0.2) is 18.2 Å². The van der Waals surface area contributed by atoms with Gasteiger partial charge in [0.2, 0.25) is 5.91 Å². The SMILES string of the molecule is NC(=O)CCC(NC(=O)c1ccc(F)cc1O)C(=O)O. The average molecular weight is 284 g/mol. The minimum atomic E-state index is -1.35. The molecule has 0 aliphatic carbocycles. The highest BCUT2D eigenvalue weighted by molar-refractivity contribution is 5.98. The number of hydrogen-bond donors (Lipinski definition) is 4. The molecule has 1 atom stereocenters. The molecule has 2 amide bonds. The van der Waals surface area contributed by atoms with Gasteiger partial charge in [-0.25, -0.2) is 9.18 Å². The van der Waals surface area contributed by atoms with Gasteiger partial charge in [-0.2, -0.15) is 0 Å². The van der Waals surface area contributed by atoms with Crippen molar-refractivity contribution in [1.29, 1.82) is 0 Å². The molecule has 0 aliphatic rings. The van der Waals surface area contributed by atoms with E-state index < -0.39 is 35.4 Å². The number of benzene rings is 1. The van der Waals surface area contributed by atoms with Crippen LogP contribution < -0.4 is 11.1 Å². The first kappa shape index (κ1) is 15.4. The molecular weight excluding hydrogens is 271 g/mol. The first-order valence-corrected chi connectivity index (χ1v) is 5.61. The molecule has 0 aromatic heterocycles. The van der Waals surface area contributed by atoms with Gasteiger partial charge in [-0.05, 0) is 18.6 Å². The third-order valence-corrected chi connectivity index (χ3v) is 2.49. The van der Waals surface area contributed by atoms with E-state index in [0.717, 1.165) is 18.2 Å². The maximum Gasteiger partial charge on any atom is 0.326 e. The Morgan fingerprint density at radius 3 is 2.50 bits per heavy atom. The maximum atomic E-state index is 12.8. The van der Waals surface area contributed by atoms with Crippen molar-refractivity contribution in [2.24, 2.45) is 5.73 Å². The lowest BCUT2D eigenvalue weighted by Crippen LogP contribution is -2.41. The Bertz CT molecular complexity index is 547. The van der Waals surface area contributed by atoms with Gasteiger partial charge < -0.3 is 21.3 Å². The maximum absolute atomic E-state index is 12.8. The Hall–Kier alpha value is -2.64. The third-order valence-electron chi connectivity index (χ3n) is 2.49. The summed E-state index contributed by atoms with van der Waals surface area (Å²) in [7, 11) is 0. The zero-order chi connectivity index (χ0) is 15.3. The van der Waals surface area contributed by atoms with E-state index in [1.165, 1.54) is 0 Å². The van der Waals surface area contributed by atoms with Crippen LogP contribution >= 0.6 is 0 Å². The average Bonchev–Trinajstić information content (AvgIpc) is 2.33. The van der Waals surface area contributed by atoms with Crippen LogP contribution in [0.1, 0.15) is 23.2 Å². The van der Waals surface area contributed by atoms with E-state index in [2.05, 4.69) is 5.32 Å². The first-order chi connectivity index (χ1) is 9.31. The Kier molecular flexibility index (Phi) is 5.01. The molecule has 0 saturated carbocycles. The quantitative estimate of drug-likeness (QED) is 0.583. The smallest absolute Gasteiger partial charge is 0.326 e. The highest BCUT2D eigenvalue weighted by Gasteiger charge is 2.22. The van der Waals surface area contributed by atoms with Crippen LogP contribution in [0.2, 0.25) is 0 Å². The van der Waals surface area contributed by atoms with Gasteiger partial charge >= 0.3 is 5.97 Å². The predicted molar refractivity (Wildman–Crippen MR) is 65.4 cm³/mol. The predicted octanol–water partition coefficient (Wildman–Crippen LogP) is -0.0202. The first-order valence-electron chi connectivity index (χ1n) is 5.61. The van der Waals surface area contributed by atoms with Gasteiger partial charge in [0, 0.05) is 12.5 Å². The number of halogens is 1. The van der Waals surface area contributed by atoms with Crippen LogP contribution in [-0.4, -0.2) is 34.0 Å². The van der Waals surface area contributed by atoms with Crippen molar-refractivity contribution in [2.75, 3.05) is 0 Å². The molecule has 0 bridgehead atoms. The summed E-state index contributed by atoms with van der Waals surface area (Å²) in [5.74, 6) is -4.28. The number of carboxylic acid groups (broad SMARTS) is 1. The lowest BCUT2D eigenvalue weighted by atomic mass is 10.1. The number of nitrogens with two attached hydrogens (primary N) is 1. The second kappa shape index (κ2) is 6.50. The molecule has 0 aliphatic heterocycles. The van der Waals surface area contributed by atoms with Gasteiger partial charge in [0.05, 0.1) is 5.56 Å². The zero-order valence-electron chi connectivity index (χ0n) is 10.3. The molecule has 108 valence electrons. The molecule has 1 unspecified atom stereocenters. The van der Waals surface area contributed by atoms with Crippen LogP contribution in [0.5, 0.6) is 5.75 Å². The summed E-state index contributed by atoms with van der Waals surface area (Å²) in [6.45, 7) is 0. The molecule has 1 aromatic carbocycles. The number of aliphatic carboxylic acids is 1. The summed E-state index contributed by atoms with van der Waals surface area (Å²) < 4.78 is 12.8. The summed E-state index contributed by atoms with van der Waals surface area (Å²) >= 11 is 0. The summed E-state index contributed by atoms with van der Waals surface area (Å²) in [6.07, 6.45) is -0.398. The van der Waals surface area contributed by atoms with Gasteiger partial charge in [0.15, 0.2) is 0 Å². The van der Waals surface area contributed by atoms with Gasteiger partial charge in [-0.15, -0.1) is 0 Å². The minimum Gasteiger partial charge on any atom is -0.507 e. The Morgan fingerprint density at radius 1 is 1.35 bits per heavy atom. The monoisotopic (exact) mass is 284 g/mol.